The largest absolute Gasteiger partial charge is 0.349 e. The third-order valence-corrected chi connectivity index (χ3v) is 6.36. The minimum atomic E-state index is -0.0547. The Labute approximate surface area is 185 Å². The van der Waals surface area contributed by atoms with E-state index in [2.05, 4.69) is 20.4 Å². The van der Waals surface area contributed by atoms with Gasteiger partial charge in [-0.2, -0.15) is 0 Å². The Balaban J connectivity index is 1.51. The van der Waals surface area contributed by atoms with Crippen LogP contribution in [0.2, 0.25) is 5.02 Å². The van der Waals surface area contributed by atoms with Gasteiger partial charge < -0.3 is 10.2 Å². The van der Waals surface area contributed by atoms with E-state index in [1.54, 1.807) is 0 Å². The van der Waals surface area contributed by atoms with Gasteiger partial charge in [0.25, 0.3) is 0 Å². The van der Waals surface area contributed by atoms with E-state index in [1.807, 2.05) is 66.1 Å². The molecule has 0 saturated carbocycles. The van der Waals surface area contributed by atoms with Crippen LogP contribution in [0.25, 0.3) is 5.69 Å². The van der Waals surface area contributed by atoms with Crippen LogP contribution in [0.3, 0.4) is 0 Å². The number of para-hydroxylation sites is 1. The number of nitrogens with zero attached hydrogens (tertiary/aromatic N) is 4. The summed E-state index contributed by atoms with van der Waals surface area (Å²) in [6, 6.07) is 17.5. The molecule has 30 heavy (non-hydrogen) atoms. The number of halogens is 1. The first kappa shape index (κ1) is 20.8. The molecule has 0 radical (unpaired) electrons. The zero-order valence-electron chi connectivity index (χ0n) is 16.8. The Morgan fingerprint density at radius 1 is 1.10 bits per heavy atom. The smallest absolute Gasteiger partial charge is 0.232 e. The number of rotatable bonds is 7. The first-order valence-electron chi connectivity index (χ1n) is 10.1. The van der Waals surface area contributed by atoms with Gasteiger partial charge in [-0.05, 0) is 37.5 Å². The molecular weight excluding hydrogens is 418 g/mol. The van der Waals surface area contributed by atoms with Crippen molar-refractivity contribution in [2.75, 3.05) is 23.7 Å². The molecule has 1 aliphatic heterocycles. The SMILES string of the molecule is CC(NC(=O)CSc1nnc(N2CCCC2)n1-c1ccccc1Cl)c1ccccc1. The molecule has 3 aromatic rings. The van der Waals surface area contributed by atoms with Crippen molar-refractivity contribution in [2.45, 2.75) is 31.0 Å². The Morgan fingerprint density at radius 3 is 2.53 bits per heavy atom. The average molecular weight is 442 g/mol. The molecule has 1 unspecified atom stereocenters. The van der Waals surface area contributed by atoms with E-state index < -0.39 is 0 Å². The van der Waals surface area contributed by atoms with Gasteiger partial charge in [-0.3, -0.25) is 9.36 Å². The second-order valence-corrected chi connectivity index (χ2v) is 8.60. The quantitative estimate of drug-likeness (QED) is 0.547. The topological polar surface area (TPSA) is 63.1 Å². The van der Waals surface area contributed by atoms with E-state index >= 15 is 0 Å². The molecule has 1 aliphatic rings. The number of nitrogens with one attached hydrogen (secondary N) is 1. The van der Waals surface area contributed by atoms with Gasteiger partial charge in [-0.15, -0.1) is 10.2 Å². The summed E-state index contributed by atoms with van der Waals surface area (Å²) < 4.78 is 1.96. The van der Waals surface area contributed by atoms with Gasteiger partial charge >= 0.3 is 0 Å². The van der Waals surface area contributed by atoms with Crippen LogP contribution in [0.15, 0.2) is 59.8 Å². The molecule has 4 rings (SSSR count). The molecule has 0 spiro atoms. The fourth-order valence-corrected chi connectivity index (χ4v) is 4.53. The number of carbonyl (C=O) groups is 1. The molecule has 6 nitrogen and oxygen atoms in total. The molecule has 1 saturated heterocycles. The van der Waals surface area contributed by atoms with Crippen LogP contribution in [0, 0.1) is 0 Å². The Morgan fingerprint density at radius 2 is 1.80 bits per heavy atom. The van der Waals surface area contributed by atoms with Crippen molar-refractivity contribution in [1.29, 1.82) is 0 Å². The number of aromatic nitrogens is 3. The number of thioether (sulfide) groups is 1. The Hall–Kier alpha value is -2.51. The second-order valence-electron chi connectivity index (χ2n) is 7.25. The lowest BCUT2D eigenvalue weighted by molar-refractivity contribution is -0.119. The summed E-state index contributed by atoms with van der Waals surface area (Å²) in [5.74, 6) is 0.980. The fraction of sp³-hybridized carbons (Fsp3) is 0.318. The molecule has 8 heteroatoms. The van der Waals surface area contributed by atoms with E-state index in [9.17, 15) is 4.79 Å². The summed E-state index contributed by atoms with van der Waals surface area (Å²) in [5, 5.41) is 13.1. The first-order chi connectivity index (χ1) is 14.6. The van der Waals surface area contributed by atoms with Crippen molar-refractivity contribution in [3.8, 4) is 5.69 Å². The van der Waals surface area contributed by atoms with Crippen molar-refractivity contribution >= 4 is 35.2 Å². The highest BCUT2D eigenvalue weighted by molar-refractivity contribution is 7.99. The van der Waals surface area contributed by atoms with Gasteiger partial charge in [0, 0.05) is 13.1 Å². The number of benzene rings is 2. The molecule has 1 N–H and O–H groups in total. The van der Waals surface area contributed by atoms with Crippen LogP contribution >= 0.6 is 23.4 Å². The maximum atomic E-state index is 12.6. The maximum absolute atomic E-state index is 12.6. The molecule has 2 aromatic carbocycles. The summed E-state index contributed by atoms with van der Waals surface area (Å²) >= 11 is 7.85. The van der Waals surface area contributed by atoms with Gasteiger partial charge in [-0.1, -0.05) is 65.8 Å². The van der Waals surface area contributed by atoms with Gasteiger partial charge in [0.1, 0.15) is 0 Å². The fourth-order valence-electron chi connectivity index (χ4n) is 3.56. The van der Waals surface area contributed by atoms with Crippen LogP contribution in [-0.4, -0.2) is 39.5 Å². The molecule has 0 aliphatic carbocycles. The third kappa shape index (κ3) is 4.63. The number of anilines is 1. The van der Waals surface area contributed by atoms with Crippen LogP contribution in [0.1, 0.15) is 31.4 Å². The third-order valence-electron chi connectivity index (χ3n) is 5.11. The molecule has 1 fully saturated rings. The lowest BCUT2D eigenvalue weighted by atomic mass is 10.1. The normalized spacial score (nSPS) is 14.7. The van der Waals surface area contributed by atoms with Crippen molar-refractivity contribution in [1.82, 2.24) is 20.1 Å². The summed E-state index contributed by atoms with van der Waals surface area (Å²) in [4.78, 5) is 14.8. The number of hydrogen-bond donors (Lipinski definition) is 1. The summed E-state index contributed by atoms with van der Waals surface area (Å²) in [6.07, 6.45) is 2.27. The molecule has 2 heterocycles. The van der Waals surface area contributed by atoms with Gasteiger partial charge in [-0.25, -0.2) is 0 Å². The van der Waals surface area contributed by atoms with E-state index in [1.165, 1.54) is 11.8 Å². The molecular formula is C22H24ClN5OS. The van der Waals surface area contributed by atoms with Gasteiger partial charge in [0.15, 0.2) is 5.16 Å². The molecule has 1 aromatic heterocycles. The second kappa shape index (κ2) is 9.53. The highest BCUT2D eigenvalue weighted by Crippen LogP contribution is 2.31. The molecule has 1 atom stereocenters. The molecule has 156 valence electrons. The number of carbonyl (C=O) groups excluding carboxylic acids is 1. The van der Waals surface area contributed by atoms with Crippen LogP contribution < -0.4 is 10.2 Å². The van der Waals surface area contributed by atoms with Crippen LogP contribution in [0.5, 0.6) is 0 Å². The van der Waals surface area contributed by atoms with Crippen molar-refractivity contribution in [3.05, 3.63) is 65.2 Å². The number of hydrogen-bond acceptors (Lipinski definition) is 5. The zero-order valence-corrected chi connectivity index (χ0v) is 18.4. The summed E-state index contributed by atoms with van der Waals surface area (Å²) in [6.45, 7) is 3.88. The minimum Gasteiger partial charge on any atom is -0.349 e. The van der Waals surface area contributed by atoms with Gasteiger partial charge in [0.2, 0.25) is 11.9 Å². The predicted molar refractivity (Wildman–Crippen MR) is 122 cm³/mol. The number of amides is 1. The first-order valence-corrected chi connectivity index (χ1v) is 11.4. The Kier molecular flexibility index (Phi) is 6.59. The van der Waals surface area contributed by atoms with E-state index in [0.29, 0.717) is 10.2 Å². The standard InChI is InChI=1S/C22H24ClN5OS/c1-16(17-9-3-2-4-10-17)24-20(29)15-30-22-26-25-21(27-13-7-8-14-27)28(22)19-12-6-5-11-18(19)23/h2-6,9-12,16H,7-8,13-15H2,1H3,(H,24,29). The van der Waals surface area contributed by atoms with E-state index in [-0.39, 0.29) is 17.7 Å². The van der Waals surface area contributed by atoms with Gasteiger partial charge in [0.05, 0.1) is 22.5 Å². The lowest BCUT2D eigenvalue weighted by Crippen LogP contribution is -2.28. The summed E-state index contributed by atoms with van der Waals surface area (Å²) in [5.41, 5.74) is 1.90. The highest BCUT2D eigenvalue weighted by Gasteiger charge is 2.24. The molecule has 1 amide bonds. The van der Waals surface area contributed by atoms with Crippen LogP contribution in [-0.2, 0) is 4.79 Å². The predicted octanol–water partition coefficient (Wildman–Crippen LogP) is 4.49. The van der Waals surface area contributed by atoms with Crippen molar-refractivity contribution in [2.24, 2.45) is 0 Å². The van der Waals surface area contributed by atoms with Crippen LogP contribution in [0.4, 0.5) is 5.95 Å². The lowest BCUT2D eigenvalue weighted by Gasteiger charge is -2.19. The average Bonchev–Trinajstić information content (AvgIpc) is 3.43. The maximum Gasteiger partial charge on any atom is 0.232 e. The summed E-state index contributed by atoms with van der Waals surface area (Å²) in [7, 11) is 0. The van der Waals surface area contributed by atoms with Crippen molar-refractivity contribution in [3.63, 3.8) is 0 Å². The van der Waals surface area contributed by atoms with E-state index in [4.69, 9.17) is 11.6 Å². The zero-order chi connectivity index (χ0) is 20.9. The highest BCUT2D eigenvalue weighted by atomic mass is 35.5. The molecule has 0 bridgehead atoms. The monoisotopic (exact) mass is 441 g/mol. The Bertz CT molecular complexity index is 1000. The van der Waals surface area contributed by atoms with Crippen molar-refractivity contribution < 1.29 is 4.79 Å². The van der Waals surface area contributed by atoms with E-state index in [0.717, 1.165) is 43.1 Å². The minimum absolute atomic E-state index is 0.0483.